The Labute approximate surface area is 136 Å². The molecule has 0 saturated carbocycles. The Morgan fingerprint density at radius 2 is 1.78 bits per heavy atom. The van der Waals surface area contributed by atoms with Gasteiger partial charge < -0.3 is 9.47 Å². The fourth-order valence-corrected chi connectivity index (χ4v) is 2.97. The SMILES string of the molecule is CCOC(=O)C1=C(C)Oc2ccccc2C1c1ccc(C)cc1. The summed E-state index contributed by atoms with van der Waals surface area (Å²) in [7, 11) is 0. The van der Waals surface area contributed by atoms with Gasteiger partial charge in [0.15, 0.2) is 0 Å². The number of para-hydroxylation sites is 1. The van der Waals surface area contributed by atoms with E-state index in [1.165, 1.54) is 5.56 Å². The van der Waals surface area contributed by atoms with Gasteiger partial charge in [-0.25, -0.2) is 4.79 Å². The molecule has 2 aromatic rings. The van der Waals surface area contributed by atoms with Crippen LogP contribution in [0.5, 0.6) is 5.75 Å². The molecule has 0 amide bonds. The number of esters is 1. The Kier molecular flexibility index (Phi) is 4.20. The summed E-state index contributed by atoms with van der Waals surface area (Å²) in [6.07, 6.45) is 0. The number of hydrogen-bond donors (Lipinski definition) is 0. The standard InChI is InChI=1S/C20H20O3/c1-4-22-20(21)18-14(3)23-17-8-6-5-7-16(17)19(18)15-11-9-13(2)10-12-15/h5-12,19H,4H2,1-3H3. The normalized spacial score (nSPS) is 16.6. The van der Waals surface area contributed by atoms with E-state index >= 15 is 0 Å². The van der Waals surface area contributed by atoms with E-state index in [0.717, 1.165) is 16.9 Å². The second-order valence-corrected chi connectivity index (χ2v) is 5.67. The van der Waals surface area contributed by atoms with Crippen molar-refractivity contribution in [3.63, 3.8) is 0 Å². The molecule has 1 atom stereocenters. The topological polar surface area (TPSA) is 35.5 Å². The number of allylic oxidation sites excluding steroid dienone is 1. The van der Waals surface area contributed by atoms with Gasteiger partial charge in [0.2, 0.25) is 0 Å². The lowest BCUT2D eigenvalue weighted by Crippen LogP contribution is -2.23. The second-order valence-electron chi connectivity index (χ2n) is 5.67. The van der Waals surface area contributed by atoms with E-state index in [4.69, 9.17) is 9.47 Å². The summed E-state index contributed by atoms with van der Waals surface area (Å²) in [5.74, 6) is 0.918. The van der Waals surface area contributed by atoms with Crippen molar-refractivity contribution in [1.82, 2.24) is 0 Å². The molecule has 0 fully saturated rings. The Morgan fingerprint density at radius 3 is 2.48 bits per heavy atom. The highest BCUT2D eigenvalue weighted by molar-refractivity contribution is 5.92. The van der Waals surface area contributed by atoms with Crippen LogP contribution in [0.25, 0.3) is 0 Å². The second kappa shape index (κ2) is 6.29. The van der Waals surface area contributed by atoms with Crippen molar-refractivity contribution in [2.75, 3.05) is 6.61 Å². The van der Waals surface area contributed by atoms with Crippen LogP contribution in [0.2, 0.25) is 0 Å². The van der Waals surface area contributed by atoms with E-state index in [2.05, 4.69) is 31.2 Å². The van der Waals surface area contributed by atoms with Crippen molar-refractivity contribution in [2.45, 2.75) is 26.7 Å². The molecule has 0 N–H and O–H groups in total. The number of fused-ring (bicyclic) bond motifs is 1. The number of benzene rings is 2. The molecule has 0 saturated heterocycles. The molecule has 1 heterocycles. The fourth-order valence-electron chi connectivity index (χ4n) is 2.97. The minimum Gasteiger partial charge on any atom is -0.463 e. The average Bonchev–Trinajstić information content (AvgIpc) is 2.54. The summed E-state index contributed by atoms with van der Waals surface area (Å²) in [6.45, 7) is 6.03. The monoisotopic (exact) mass is 308 g/mol. The average molecular weight is 308 g/mol. The van der Waals surface area contributed by atoms with Crippen LogP contribution in [0.3, 0.4) is 0 Å². The van der Waals surface area contributed by atoms with E-state index in [9.17, 15) is 4.79 Å². The predicted octanol–water partition coefficient (Wildman–Crippen LogP) is 4.36. The Bertz CT molecular complexity index is 757. The Balaban J connectivity index is 2.16. The van der Waals surface area contributed by atoms with Crippen LogP contribution in [-0.4, -0.2) is 12.6 Å². The van der Waals surface area contributed by atoms with E-state index in [0.29, 0.717) is 17.9 Å². The van der Waals surface area contributed by atoms with E-state index < -0.39 is 0 Å². The van der Waals surface area contributed by atoms with Gasteiger partial charge in [-0.2, -0.15) is 0 Å². The van der Waals surface area contributed by atoms with Gasteiger partial charge in [-0.3, -0.25) is 0 Å². The third-order valence-corrected chi connectivity index (χ3v) is 4.07. The van der Waals surface area contributed by atoms with E-state index in [1.807, 2.05) is 38.1 Å². The van der Waals surface area contributed by atoms with Crippen molar-refractivity contribution in [3.05, 3.63) is 76.6 Å². The number of aryl methyl sites for hydroxylation is 1. The number of carbonyl (C=O) groups excluding carboxylic acids is 1. The molecule has 0 aliphatic carbocycles. The van der Waals surface area contributed by atoms with E-state index in [1.54, 1.807) is 0 Å². The largest absolute Gasteiger partial charge is 0.463 e. The first-order valence-electron chi connectivity index (χ1n) is 7.83. The smallest absolute Gasteiger partial charge is 0.338 e. The third-order valence-electron chi connectivity index (χ3n) is 4.07. The van der Waals surface area contributed by atoms with Gasteiger partial charge in [0.25, 0.3) is 0 Å². The van der Waals surface area contributed by atoms with Gasteiger partial charge in [-0.1, -0.05) is 48.0 Å². The van der Waals surface area contributed by atoms with Crippen LogP contribution in [-0.2, 0) is 9.53 Å². The maximum atomic E-state index is 12.5. The zero-order valence-electron chi connectivity index (χ0n) is 13.6. The molecular formula is C20H20O3. The molecule has 23 heavy (non-hydrogen) atoms. The Morgan fingerprint density at radius 1 is 1.09 bits per heavy atom. The first-order chi connectivity index (χ1) is 11.1. The van der Waals surface area contributed by atoms with Crippen molar-refractivity contribution in [3.8, 4) is 5.75 Å². The molecule has 3 rings (SSSR count). The molecule has 0 bridgehead atoms. The maximum Gasteiger partial charge on any atom is 0.338 e. The zero-order valence-corrected chi connectivity index (χ0v) is 13.6. The summed E-state index contributed by atoms with van der Waals surface area (Å²) in [6, 6.07) is 16.1. The fraction of sp³-hybridized carbons (Fsp3) is 0.250. The van der Waals surface area contributed by atoms with Crippen LogP contribution in [0.4, 0.5) is 0 Å². The summed E-state index contributed by atoms with van der Waals surface area (Å²) < 4.78 is 11.1. The van der Waals surface area contributed by atoms with Gasteiger partial charge in [-0.15, -0.1) is 0 Å². The summed E-state index contributed by atoms with van der Waals surface area (Å²) in [5.41, 5.74) is 3.82. The zero-order chi connectivity index (χ0) is 16.4. The lowest BCUT2D eigenvalue weighted by Gasteiger charge is -2.29. The molecule has 0 radical (unpaired) electrons. The van der Waals surface area contributed by atoms with Gasteiger partial charge in [0.1, 0.15) is 11.5 Å². The molecule has 0 aromatic heterocycles. The molecule has 3 heteroatoms. The number of carbonyl (C=O) groups is 1. The van der Waals surface area contributed by atoms with Crippen molar-refractivity contribution in [2.24, 2.45) is 0 Å². The number of hydrogen-bond acceptors (Lipinski definition) is 3. The molecule has 1 aliphatic heterocycles. The minimum absolute atomic E-state index is 0.167. The first kappa shape index (κ1) is 15.3. The van der Waals surface area contributed by atoms with E-state index in [-0.39, 0.29) is 11.9 Å². The maximum absolute atomic E-state index is 12.5. The van der Waals surface area contributed by atoms with Crippen LogP contribution < -0.4 is 4.74 Å². The van der Waals surface area contributed by atoms with Crippen LogP contribution in [0.1, 0.15) is 36.5 Å². The van der Waals surface area contributed by atoms with Crippen molar-refractivity contribution in [1.29, 1.82) is 0 Å². The van der Waals surface area contributed by atoms with Crippen LogP contribution >= 0.6 is 0 Å². The van der Waals surface area contributed by atoms with Gasteiger partial charge >= 0.3 is 5.97 Å². The quantitative estimate of drug-likeness (QED) is 0.790. The lowest BCUT2D eigenvalue weighted by molar-refractivity contribution is -0.139. The van der Waals surface area contributed by atoms with Gasteiger partial charge in [0, 0.05) is 11.5 Å². The van der Waals surface area contributed by atoms with Gasteiger partial charge in [-0.05, 0) is 32.4 Å². The molecule has 1 aliphatic rings. The highest BCUT2D eigenvalue weighted by Crippen LogP contribution is 2.43. The summed E-state index contributed by atoms with van der Waals surface area (Å²) >= 11 is 0. The van der Waals surface area contributed by atoms with Crippen molar-refractivity contribution < 1.29 is 14.3 Å². The molecule has 2 aromatic carbocycles. The molecular weight excluding hydrogens is 288 g/mol. The summed E-state index contributed by atoms with van der Waals surface area (Å²) in [4.78, 5) is 12.5. The van der Waals surface area contributed by atoms with Crippen LogP contribution in [0.15, 0.2) is 59.9 Å². The molecule has 1 unspecified atom stereocenters. The predicted molar refractivity (Wildman–Crippen MR) is 89.4 cm³/mol. The first-order valence-corrected chi connectivity index (χ1v) is 7.83. The highest BCUT2D eigenvalue weighted by atomic mass is 16.5. The highest BCUT2D eigenvalue weighted by Gasteiger charge is 2.34. The molecule has 0 spiro atoms. The van der Waals surface area contributed by atoms with Gasteiger partial charge in [0.05, 0.1) is 12.2 Å². The number of ether oxygens (including phenoxy) is 2. The summed E-state index contributed by atoms with van der Waals surface area (Å²) in [5, 5.41) is 0. The Hall–Kier alpha value is -2.55. The third kappa shape index (κ3) is 2.87. The molecule has 3 nitrogen and oxygen atoms in total. The number of rotatable bonds is 3. The van der Waals surface area contributed by atoms with Crippen molar-refractivity contribution >= 4 is 5.97 Å². The lowest BCUT2D eigenvalue weighted by atomic mass is 9.82. The van der Waals surface area contributed by atoms with Crippen LogP contribution in [0, 0.1) is 6.92 Å². The molecule has 118 valence electrons. The minimum atomic E-state index is -0.315.